The zero-order valence-electron chi connectivity index (χ0n) is 6.57. The zero-order chi connectivity index (χ0) is 8.43. The second-order valence-electron chi connectivity index (χ2n) is 2.43. The first-order chi connectivity index (χ1) is 5.11. The number of aryl methyl sites for hydroxylation is 1. The Morgan fingerprint density at radius 3 is 2.73 bits per heavy atom. The van der Waals surface area contributed by atoms with E-state index in [0.717, 1.165) is 0 Å². The Labute approximate surface area is 65.1 Å². The van der Waals surface area contributed by atoms with Gasteiger partial charge in [-0.15, -0.1) is 0 Å². The largest absolute Gasteiger partial charge is 0.389 e. The molecule has 1 aromatic rings. The van der Waals surface area contributed by atoms with Crippen molar-refractivity contribution in [1.29, 1.82) is 0 Å². The molecule has 0 radical (unpaired) electrons. The average Bonchev–Trinajstić information content (AvgIpc) is 1.85. The van der Waals surface area contributed by atoms with Crippen molar-refractivity contribution in [2.24, 2.45) is 0 Å². The van der Waals surface area contributed by atoms with Gasteiger partial charge in [-0.3, -0.25) is 0 Å². The highest BCUT2D eigenvalue weighted by molar-refractivity contribution is 5.38. The summed E-state index contributed by atoms with van der Waals surface area (Å²) in [5.74, 6) is 0.972. The molecule has 1 atom stereocenters. The minimum atomic E-state index is -0.601. The molecule has 1 rings (SSSR count). The van der Waals surface area contributed by atoms with Gasteiger partial charge in [-0.2, -0.15) is 0 Å². The molecule has 1 aromatic heterocycles. The monoisotopic (exact) mass is 153 g/mol. The Balaban J connectivity index is 3.09. The molecule has 0 saturated carbocycles. The lowest BCUT2D eigenvalue weighted by Crippen LogP contribution is -2.03. The van der Waals surface area contributed by atoms with Crippen molar-refractivity contribution in [3.05, 3.63) is 17.6 Å². The molecule has 11 heavy (non-hydrogen) atoms. The highest BCUT2D eigenvalue weighted by Gasteiger charge is 2.06. The molecule has 4 heteroatoms. The van der Waals surface area contributed by atoms with E-state index in [-0.39, 0.29) is 0 Å². The fourth-order valence-corrected chi connectivity index (χ4v) is 0.819. The molecule has 0 aliphatic carbocycles. The maximum absolute atomic E-state index is 9.14. The standard InChI is InChI=1S/C7H11N3O/c1-4(11)6-3-9-5(2)10-7(6)8/h3-4,11H,1-2H3,(H2,8,9,10). The maximum atomic E-state index is 9.14. The van der Waals surface area contributed by atoms with E-state index in [4.69, 9.17) is 10.8 Å². The number of aliphatic hydroxyl groups is 1. The third-order valence-corrected chi connectivity index (χ3v) is 1.42. The van der Waals surface area contributed by atoms with Crippen molar-refractivity contribution in [3.63, 3.8) is 0 Å². The van der Waals surface area contributed by atoms with Crippen molar-refractivity contribution in [3.8, 4) is 0 Å². The maximum Gasteiger partial charge on any atom is 0.132 e. The lowest BCUT2D eigenvalue weighted by atomic mass is 10.2. The predicted molar refractivity (Wildman–Crippen MR) is 41.8 cm³/mol. The fraction of sp³-hybridized carbons (Fsp3) is 0.429. The fourth-order valence-electron chi connectivity index (χ4n) is 0.819. The molecule has 60 valence electrons. The van der Waals surface area contributed by atoms with Crippen LogP contribution in [0.25, 0.3) is 0 Å². The normalized spacial score (nSPS) is 13.0. The number of aliphatic hydroxyl groups excluding tert-OH is 1. The Kier molecular flexibility index (Phi) is 2.05. The van der Waals surface area contributed by atoms with Crippen molar-refractivity contribution < 1.29 is 5.11 Å². The van der Waals surface area contributed by atoms with E-state index in [9.17, 15) is 0 Å². The van der Waals surface area contributed by atoms with Crippen LogP contribution in [0.2, 0.25) is 0 Å². The van der Waals surface area contributed by atoms with Gasteiger partial charge in [0.05, 0.1) is 6.10 Å². The molecule has 3 N–H and O–H groups in total. The summed E-state index contributed by atoms with van der Waals surface area (Å²) in [5, 5.41) is 9.14. The summed E-state index contributed by atoms with van der Waals surface area (Å²) in [6, 6.07) is 0. The molecule has 1 heterocycles. The minimum Gasteiger partial charge on any atom is -0.389 e. The lowest BCUT2D eigenvalue weighted by molar-refractivity contribution is 0.199. The summed E-state index contributed by atoms with van der Waals surface area (Å²) < 4.78 is 0. The second-order valence-corrected chi connectivity index (χ2v) is 2.43. The van der Waals surface area contributed by atoms with Gasteiger partial charge in [0.2, 0.25) is 0 Å². The summed E-state index contributed by atoms with van der Waals surface area (Å²) in [6.45, 7) is 3.38. The number of anilines is 1. The molecule has 0 aliphatic rings. The zero-order valence-corrected chi connectivity index (χ0v) is 6.57. The van der Waals surface area contributed by atoms with Crippen LogP contribution >= 0.6 is 0 Å². The number of nitrogens with zero attached hydrogens (tertiary/aromatic N) is 2. The first-order valence-electron chi connectivity index (χ1n) is 3.38. The van der Waals surface area contributed by atoms with Crippen LogP contribution in [0.4, 0.5) is 5.82 Å². The van der Waals surface area contributed by atoms with Crippen LogP contribution in [-0.4, -0.2) is 15.1 Å². The van der Waals surface area contributed by atoms with Gasteiger partial charge in [0, 0.05) is 11.8 Å². The molecule has 0 spiro atoms. The van der Waals surface area contributed by atoms with Crippen LogP contribution in [-0.2, 0) is 0 Å². The molecule has 0 amide bonds. The van der Waals surface area contributed by atoms with Crippen LogP contribution in [0.3, 0.4) is 0 Å². The van der Waals surface area contributed by atoms with Gasteiger partial charge in [-0.25, -0.2) is 9.97 Å². The third-order valence-electron chi connectivity index (χ3n) is 1.42. The Morgan fingerprint density at radius 1 is 1.64 bits per heavy atom. The molecule has 0 saturated heterocycles. The van der Waals surface area contributed by atoms with E-state index >= 15 is 0 Å². The second kappa shape index (κ2) is 2.84. The first-order valence-corrected chi connectivity index (χ1v) is 3.38. The van der Waals surface area contributed by atoms with Crippen molar-refractivity contribution in [2.45, 2.75) is 20.0 Å². The molecule has 0 fully saturated rings. The van der Waals surface area contributed by atoms with Crippen LogP contribution in [0, 0.1) is 6.92 Å². The van der Waals surface area contributed by atoms with Gasteiger partial charge in [-0.1, -0.05) is 0 Å². The number of nitrogen functional groups attached to an aromatic ring is 1. The molecule has 0 bridgehead atoms. The lowest BCUT2D eigenvalue weighted by Gasteiger charge is -2.06. The third kappa shape index (κ3) is 1.65. The van der Waals surface area contributed by atoms with Gasteiger partial charge < -0.3 is 10.8 Å². The van der Waals surface area contributed by atoms with Crippen LogP contribution in [0.1, 0.15) is 24.4 Å². The number of rotatable bonds is 1. The molecule has 4 nitrogen and oxygen atoms in total. The van der Waals surface area contributed by atoms with Crippen molar-refractivity contribution in [2.75, 3.05) is 5.73 Å². The Morgan fingerprint density at radius 2 is 2.27 bits per heavy atom. The van der Waals surface area contributed by atoms with Gasteiger partial charge >= 0.3 is 0 Å². The van der Waals surface area contributed by atoms with Crippen LogP contribution in [0.5, 0.6) is 0 Å². The van der Waals surface area contributed by atoms with Gasteiger partial charge in [-0.05, 0) is 13.8 Å². The van der Waals surface area contributed by atoms with Gasteiger partial charge in [0.25, 0.3) is 0 Å². The topological polar surface area (TPSA) is 72.0 Å². The van der Waals surface area contributed by atoms with Gasteiger partial charge in [0.15, 0.2) is 0 Å². The number of hydrogen-bond acceptors (Lipinski definition) is 4. The van der Waals surface area contributed by atoms with Crippen LogP contribution < -0.4 is 5.73 Å². The number of aromatic nitrogens is 2. The summed E-state index contributed by atoms with van der Waals surface area (Å²) >= 11 is 0. The Hall–Kier alpha value is -1.16. The quantitative estimate of drug-likeness (QED) is 0.613. The number of hydrogen-bond donors (Lipinski definition) is 2. The smallest absolute Gasteiger partial charge is 0.132 e. The molecular formula is C7H11N3O. The number of nitrogens with two attached hydrogens (primary N) is 1. The van der Waals surface area contributed by atoms with Crippen molar-refractivity contribution >= 4 is 5.82 Å². The van der Waals surface area contributed by atoms with Gasteiger partial charge in [0.1, 0.15) is 11.6 Å². The van der Waals surface area contributed by atoms with E-state index in [2.05, 4.69) is 9.97 Å². The van der Waals surface area contributed by atoms with E-state index in [1.54, 1.807) is 20.0 Å². The molecule has 1 unspecified atom stereocenters. The SMILES string of the molecule is Cc1ncc(C(C)O)c(N)n1. The van der Waals surface area contributed by atoms with Crippen LogP contribution in [0.15, 0.2) is 6.20 Å². The summed E-state index contributed by atoms with van der Waals surface area (Å²) in [5.41, 5.74) is 6.09. The molecule has 0 aromatic carbocycles. The van der Waals surface area contributed by atoms with E-state index < -0.39 is 6.10 Å². The highest BCUT2D eigenvalue weighted by atomic mass is 16.3. The first kappa shape index (κ1) is 7.94. The summed E-state index contributed by atoms with van der Waals surface area (Å²) in [6.07, 6.45) is 0.943. The minimum absolute atomic E-state index is 0.354. The molecule has 0 aliphatic heterocycles. The van der Waals surface area contributed by atoms with E-state index in [1.165, 1.54) is 0 Å². The summed E-state index contributed by atoms with van der Waals surface area (Å²) in [7, 11) is 0. The average molecular weight is 153 g/mol. The summed E-state index contributed by atoms with van der Waals surface area (Å²) in [4.78, 5) is 7.81. The Bertz CT molecular complexity index is 260. The predicted octanol–water partition coefficient (Wildman–Crippen LogP) is 0.421. The van der Waals surface area contributed by atoms with Crippen molar-refractivity contribution in [1.82, 2.24) is 9.97 Å². The highest BCUT2D eigenvalue weighted by Crippen LogP contribution is 2.15. The van der Waals surface area contributed by atoms with E-state index in [0.29, 0.717) is 17.2 Å². The molecular weight excluding hydrogens is 142 g/mol. The van der Waals surface area contributed by atoms with E-state index in [1.807, 2.05) is 0 Å².